The highest BCUT2D eigenvalue weighted by Crippen LogP contribution is 2.23. The molecule has 23 heavy (non-hydrogen) atoms. The summed E-state index contributed by atoms with van der Waals surface area (Å²) < 4.78 is 11.0. The number of unbranched alkanes of at least 4 members (excludes halogenated alkanes) is 1. The number of ether oxygens (including phenoxy) is 1. The Kier molecular flexibility index (Phi) is 5.85. The van der Waals surface area contributed by atoms with Gasteiger partial charge in [0.05, 0.1) is 19.4 Å². The summed E-state index contributed by atoms with van der Waals surface area (Å²) in [5.74, 6) is 1.76. The number of aromatic nitrogens is 2. The number of nitrogens with one attached hydrogen (secondary N) is 2. The molecule has 0 bridgehead atoms. The van der Waals surface area contributed by atoms with Crippen molar-refractivity contribution in [1.29, 1.82) is 0 Å². The van der Waals surface area contributed by atoms with Crippen LogP contribution in [0.4, 0.5) is 0 Å². The third-order valence-corrected chi connectivity index (χ3v) is 4.20. The number of aromatic amines is 1. The lowest BCUT2D eigenvalue weighted by atomic mass is 10.2. The highest BCUT2D eigenvalue weighted by atomic mass is 16.5. The van der Waals surface area contributed by atoms with Crippen LogP contribution in [0.3, 0.4) is 0 Å². The molecule has 0 unspecified atom stereocenters. The first-order chi connectivity index (χ1) is 11.3. The number of aryl methyl sites for hydroxylation is 1. The highest BCUT2D eigenvalue weighted by Gasteiger charge is 2.11. The van der Waals surface area contributed by atoms with Crippen LogP contribution >= 0.6 is 0 Å². The maximum atomic E-state index is 5.67. The molecule has 3 rings (SSSR count). The number of hydrogen-bond donors (Lipinski definition) is 2. The van der Waals surface area contributed by atoms with E-state index in [1.807, 2.05) is 25.3 Å². The van der Waals surface area contributed by atoms with Crippen molar-refractivity contribution in [3.8, 4) is 11.5 Å². The molecule has 0 atom stereocenters. The second-order valence-electron chi connectivity index (χ2n) is 6.02. The Labute approximate surface area is 137 Å². The van der Waals surface area contributed by atoms with Crippen molar-refractivity contribution in [2.24, 2.45) is 0 Å². The number of morpholine rings is 1. The zero-order valence-corrected chi connectivity index (χ0v) is 13.8. The largest absolute Gasteiger partial charge is 0.460 e. The molecule has 2 aromatic rings. The van der Waals surface area contributed by atoms with E-state index in [-0.39, 0.29) is 0 Å². The highest BCUT2D eigenvalue weighted by molar-refractivity contribution is 5.56. The van der Waals surface area contributed by atoms with E-state index in [0.29, 0.717) is 0 Å². The first-order valence-electron chi connectivity index (χ1n) is 8.43. The van der Waals surface area contributed by atoms with Crippen LogP contribution in [0.15, 0.2) is 22.7 Å². The number of rotatable bonds is 8. The normalized spacial score (nSPS) is 16.0. The fourth-order valence-electron chi connectivity index (χ4n) is 2.86. The van der Waals surface area contributed by atoms with Crippen molar-refractivity contribution in [1.82, 2.24) is 20.4 Å². The first-order valence-corrected chi connectivity index (χ1v) is 8.43. The molecule has 0 aromatic carbocycles. The van der Waals surface area contributed by atoms with Crippen LogP contribution in [0, 0.1) is 6.92 Å². The van der Waals surface area contributed by atoms with E-state index in [9.17, 15) is 0 Å². The zero-order valence-electron chi connectivity index (χ0n) is 13.8. The summed E-state index contributed by atoms with van der Waals surface area (Å²) in [4.78, 5) is 2.48. The monoisotopic (exact) mass is 318 g/mol. The third-order valence-electron chi connectivity index (χ3n) is 4.20. The van der Waals surface area contributed by atoms with Crippen LogP contribution in [0.1, 0.15) is 24.2 Å². The summed E-state index contributed by atoms with van der Waals surface area (Å²) in [6, 6.07) is 3.95. The van der Waals surface area contributed by atoms with Gasteiger partial charge in [0.15, 0.2) is 5.76 Å². The number of H-pyrrole nitrogens is 1. The van der Waals surface area contributed by atoms with Gasteiger partial charge < -0.3 is 14.5 Å². The minimum Gasteiger partial charge on any atom is -0.460 e. The summed E-state index contributed by atoms with van der Waals surface area (Å²) in [6.07, 6.45) is 4.28. The molecule has 3 heterocycles. The van der Waals surface area contributed by atoms with Crippen molar-refractivity contribution < 1.29 is 9.15 Å². The van der Waals surface area contributed by atoms with Gasteiger partial charge in [0.1, 0.15) is 11.5 Å². The van der Waals surface area contributed by atoms with E-state index < -0.39 is 0 Å². The Morgan fingerprint density at radius 2 is 2.13 bits per heavy atom. The van der Waals surface area contributed by atoms with Crippen LogP contribution in [-0.2, 0) is 11.3 Å². The smallest absolute Gasteiger partial charge is 0.152 e. The van der Waals surface area contributed by atoms with Gasteiger partial charge in [-0.15, -0.1) is 0 Å². The Bertz CT molecular complexity index is 587. The van der Waals surface area contributed by atoms with Crippen molar-refractivity contribution >= 4 is 0 Å². The minimum absolute atomic E-state index is 0.809. The Hall–Kier alpha value is -1.63. The summed E-state index contributed by atoms with van der Waals surface area (Å²) in [5.41, 5.74) is 2.12. The SMILES string of the molecule is Cc1ccc(-c2[nH]ncc2CNCCCCN2CCOCC2)o1. The molecule has 0 aliphatic carbocycles. The molecule has 0 saturated carbocycles. The maximum absolute atomic E-state index is 5.67. The molecule has 1 aliphatic heterocycles. The molecule has 126 valence electrons. The Morgan fingerprint density at radius 3 is 2.91 bits per heavy atom. The molecule has 6 heteroatoms. The van der Waals surface area contributed by atoms with Crippen molar-refractivity contribution in [3.05, 3.63) is 29.7 Å². The van der Waals surface area contributed by atoms with E-state index >= 15 is 0 Å². The molecule has 2 N–H and O–H groups in total. The Balaban J connectivity index is 1.35. The molecule has 0 spiro atoms. The molecule has 1 aliphatic rings. The summed E-state index contributed by atoms with van der Waals surface area (Å²) >= 11 is 0. The van der Waals surface area contributed by atoms with Crippen molar-refractivity contribution in [2.45, 2.75) is 26.3 Å². The van der Waals surface area contributed by atoms with Crippen molar-refractivity contribution in [3.63, 3.8) is 0 Å². The molecular weight excluding hydrogens is 292 g/mol. The van der Waals surface area contributed by atoms with Crippen LogP contribution in [0.5, 0.6) is 0 Å². The van der Waals surface area contributed by atoms with Crippen LogP contribution < -0.4 is 5.32 Å². The van der Waals surface area contributed by atoms with Gasteiger partial charge in [-0.05, 0) is 45.0 Å². The lowest BCUT2D eigenvalue weighted by Crippen LogP contribution is -2.37. The first kappa shape index (κ1) is 16.2. The lowest BCUT2D eigenvalue weighted by Gasteiger charge is -2.26. The molecule has 1 fully saturated rings. The molecule has 6 nitrogen and oxygen atoms in total. The summed E-state index contributed by atoms with van der Waals surface area (Å²) in [5, 5.41) is 10.7. The van der Waals surface area contributed by atoms with Crippen LogP contribution in [-0.4, -0.2) is 54.5 Å². The minimum atomic E-state index is 0.809. The van der Waals surface area contributed by atoms with E-state index in [2.05, 4.69) is 20.4 Å². The summed E-state index contributed by atoms with van der Waals surface area (Å²) in [7, 11) is 0. The van der Waals surface area contributed by atoms with Gasteiger partial charge in [0.2, 0.25) is 0 Å². The van der Waals surface area contributed by atoms with Gasteiger partial charge in [-0.2, -0.15) is 5.10 Å². The number of nitrogens with zero attached hydrogens (tertiary/aromatic N) is 2. The predicted octanol–water partition coefficient (Wildman–Crippen LogP) is 2.18. The van der Waals surface area contributed by atoms with Crippen LogP contribution in [0.2, 0.25) is 0 Å². The van der Waals surface area contributed by atoms with Gasteiger partial charge in [0, 0.05) is 25.2 Å². The second-order valence-corrected chi connectivity index (χ2v) is 6.02. The topological polar surface area (TPSA) is 66.3 Å². The van der Waals surface area contributed by atoms with Gasteiger partial charge in [-0.3, -0.25) is 10.00 Å². The van der Waals surface area contributed by atoms with Gasteiger partial charge >= 0.3 is 0 Å². The fourth-order valence-corrected chi connectivity index (χ4v) is 2.86. The molecule has 2 aromatic heterocycles. The maximum Gasteiger partial charge on any atom is 0.152 e. The molecule has 1 saturated heterocycles. The van der Waals surface area contributed by atoms with E-state index in [0.717, 1.165) is 62.2 Å². The van der Waals surface area contributed by atoms with Gasteiger partial charge in [-0.1, -0.05) is 0 Å². The molecule has 0 radical (unpaired) electrons. The molecular formula is C17H26N4O2. The van der Waals surface area contributed by atoms with Gasteiger partial charge in [-0.25, -0.2) is 0 Å². The average molecular weight is 318 g/mol. The predicted molar refractivity (Wildman–Crippen MR) is 89.2 cm³/mol. The van der Waals surface area contributed by atoms with E-state index in [1.165, 1.54) is 19.4 Å². The van der Waals surface area contributed by atoms with Crippen molar-refractivity contribution in [2.75, 3.05) is 39.4 Å². The number of furan rings is 1. The average Bonchev–Trinajstić information content (AvgIpc) is 3.20. The van der Waals surface area contributed by atoms with Gasteiger partial charge in [0.25, 0.3) is 0 Å². The molecule has 0 amide bonds. The summed E-state index contributed by atoms with van der Waals surface area (Å²) in [6.45, 7) is 8.87. The number of hydrogen-bond acceptors (Lipinski definition) is 5. The zero-order chi connectivity index (χ0) is 15.9. The second kappa shape index (κ2) is 8.29. The fraction of sp³-hybridized carbons (Fsp3) is 0.588. The van der Waals surface area contributed by atoms with Crippen LogP contribution in [0.25, 0.3) is 11.5 Å². The lowest BCUT2D eigenvalue weighted by molar-refractivity contribution is 0.0372. The third kappa shape index (κ3) is 4.67. The quantitative estimate of drug-likeness (QED) is 0.730. The standard InChI is InChI=1S/C17H26N4O2/c1-14-4-5-16(23-14)17-15(13-19-20-17)12-18-6-2-3-7-21-8-10-22-11-9-21/h4-5,13,18H,2-3,6-12H2,1H3,(H,19,20). The Morgan fingerprint density at radius 1 is 1.26 bits per heavy atom. The van der Waals surface area contributed by atoms with E-state index in [4.69, 9.17) is 9.15 Å². The van der Waals surface area contributed by atoms with E-state index in [1.54, 1.807) is 0 Å².